The smallest absolute Gasteiger partial charge is 0.155 e. The molecule has 0 bridgehead atoms. The van der Waals surface area contributed by atoms with E-state index in [1.807, 2.05) is 0 Å². The van der Waals surface area contributed by atoms with E-state index in [-0.39, 0.29) is 17.1 Å². The predicted molar refractivity (Wildman–Crippen MR) is 72.5 cm³/mol. The highest BCUT2D eigenvalue weighted by Crippen LogP contribution is 2.26. The summed E-state index contributed by atoms with van der Waals surface area (Å²) in [5.41, 5.74) is 0. The molecule has 2 fully saturated rings. The van der Waals surface area contributed by atoms with Gasteiger partial charge in [-0.25, -0.2) is 8.42 Å². The first-order valence-electron chi connectivity index (χ1n) is 7.18. The molecule has 0 aromatic heterocycles. The van der Waals surface area contributed by atoms with Crippen LogP contribution in [0, 0.1) is 0 Å². The molecule has 5 heteroatoms. The first-order chi connectivity index (χ1) is 8.62. The summed E-state index contributed by atoms with van der Waals surface area (Å²) in [5, 5.41) is 3.23. The Bertz CT molecular complexity index is 347. The van der Waals surface area contributed by atoms with E-state index in [1.54, 1.807) is 0 Å². The number of hydrogen-bond donors (Lipinski definition) is 1. The Balaban J connectivity index is 1.91. The first-order valence-corrected chi connectivity index (χ1v) is 8.90. The van der Waals surface area contributed by atoms with Crippen LogP contribution in [0.25, 0.3) is 0 Å². The number of nitrogens with one attached hydrogen (secondary N) is 1. The molecule has 2 rings (SSSR count). The lowest BCUT2D eigenvalue weighted by molar-refractivity contribution is 0.127. The molecule has 3 atom stereocenters. The maximum atomic E-state index is 12.4. The molecule has 0 aromatic rings. The van der Waals surface area contributed by atoms with Crippen molar-refractivity contribution in [3.63, 3.8) is 0 Å². The second kappa shape index (κ2) is 6.35. The van der Waals surface area contributed by atoms with E-state index in [2.05, 4.69) is 12.2 Å². The Hall–Kier alpha value is -0.130. The molecule has 0 radical (unpaired) electrons. The van der Waals surface area contributed by atoms with Crippen LogP contribution in [-0.2, 0) is 14.6 Å². The summed E-state index contributed by atoms with van der Waals surface area (Å²) in [6.07, 6.45) is 5.61. The van der Waals surface area contributed by atoms with Gasteiger partial charge in [0.25, 0.3) is 0 Å². The van der Waals surface area contributed by atoms with Gasteiger partial charge >= 0.3 is 0 Å². The van der Waals surface area contributed by atoms with Crippen molar-refractivity contribution in [1.82, 2.24) is 5.32 Å². The van der Waals surface area contributed by atoms with Crippen molar-refractivity contribution in [1.29, 1.82) is 0 Å². The maximum Gasteiger partial charge on any atom is 0.155 e. The quantitative estimate of drug-likeness (QED) is 0.826. The van der Waals surface area contributed by atoms with Crippen LogP contribution in [0.2, 0.25) is 0 Å². The minimum Gasteiger partial charge on any atom is -0.377 e. The van der Waals surface area contributed by atoms with Gasteiger partial charge < -0.3 is 10.1 Å². The third-order valence-electron chi connectivity index (χ3n) is 4.07. The highest BCUT2D eigenvalue weighted by atomic mass is 32.2. The first kappa shape index (κ1) is 14.3. The molecule has 106 valence electrons. The number of hydrogen-bond acceptors (Lipinski definition) is 4. The Kier molecular flexibility index (Phi) is 5.04. The van der Waals surface area contributed by atoms with Crippen LogP contribution in [0.1, 0.15) is 45.4 Å². The second-order valence-electron chi connectivity index (χ2n) is 5.51. The van der Waals surface area contributed by atoms with E-state index in [1.165, 1.54) is 0 Å². The van der Waals surface area contributed by atoms with Gasteiger partial charge in [0.15, 0.2) is 9.84 Å². The lowest BCUT2D eigenvalue weighted by atomic mass is 9.95. The second-order valence-corrected chi connectivity index (χ2v) is 7.83. The zero-order valence-electron chi connectivity index (χ0n) is 11.2. The minimum atomic E-state index is -2.98. The minimum absolute atomic E-state index is 0.0467. The van der Waals surface area contributed by atoms with E-state index in [4.69, 9.17) is 4.74 Å². The zero-order valence-corrected chi connectivity index (χ0v) is 12.0. The van der Waals surface area contributed by atoms with Crippen LogP contribution in [0.5, 0.6) is 0 Å². The molecule has 1 heterocycles. The summed E-state index contributed by atoms with van der Waals surface area (Å²) in [7, 11) is -2.98. The molecule has 1 aliphatic carbocycles. The molecule has 2 aliphatic rings. The Morgan fingerprint density at radius 3 is 2.72 bits per heavy atom. The SMILES string of the molecule is CCNC1CCCC(S(=O)(=O)CC2CCCO2)C1. The van der Waals surface area contributed by atoms with E-state index in [0.29, 0.717) is 6.04 Å². The molecule has 1 saturated carbocycles. The van der Waals surface area contributed by atoms with Gasteiger partial charge in [0.05, 0.1) is 17.1 Å². The van der Waals surface area contributed by atoms with Crippen LogP contribution < -0.4 is 5.32 Å². The lowest BCUT2D eigenvalue weighted by Crippen LogP contribution is -2.40. The lowest BCUT2D eigenvalue weighted by Gasteiger charge is -2.30. The van der Waals surface area contributed by atoms with Crippen LogP contribution >= 0.6 is 0 Å². The van der Waals surface area contributed by atoms with Crippen LogP contribution in [0.4, 0.5) is 0 Å². The van der Waals surface area contributed by atoms with E-state index in [9.17, 15) is 8.42 Å². The molecular formula is C13H25NO3S. The molecule has 1 N–H and O–H groups in total. The topological polar surface area (TPSA) is 55.4 Å². The molecule has 0 amide bonds. The van der Waals surface area contributed by atoms with E-state index in [0.717, 1.165) is 51.7 Å². The molecule has 0 spiro atoms. The van der Waals surface area contributed by atoms with Crippen molar-refractivity contribution in [3.8, 4) is 0 Å². The zero-order chi connectivity index (χ0) is 13.0. The summed E-state index contributed by atoms with van der Waals surface area (Å²) in [4.78, 5) is 0. The summed E-state index contributed by atoms with van der Waals surface area (Å²) in [6, 6.07) is 0.382. The maximum absolute atomic E-state index is 12.4. The molecule has 1 aliphatic heterocycles. The highest BCUT2D eigenvalue weighted by molar-refractivity contribution is 7.92. The normalized spacial score (nSPS) is 33.7. The van der Waals surface area contributed by atoms with Crippen molar-refractivity contribution in [2.45, 2.75) is 62.8 Å². The van der Waals surface area contributed by atoms with Gasteiger partial charge in [0.2, 0.25) is 0 Å². The highest BCUT2D eigenvalue weighted by Gasteiger charge is 2.34. The molecule has 4 nitrogen and oxygen atoms in total. The fourth-order valence-corrected chi connectivity index (χ4v) is 5.22. The fraction of sp³-hybridized carbons (Fsp3) is 1.00. The fourth-order valence-electron chi connectivity index (χ4n) is 3.12. The van der Waals surface area contributed by atoms with Gasteiger partial charge in [0.1, 0.15) is 0 Å². The van der Waals surface area contributed by atoms with Crippen molar-refractivity contribution in [2.24, 2.45) is 0 Å². The average molecular weight is 275 g/mol. The van der Waals surface area contributed by atoms with Gasteiger partial charge in [-0.15, -0.1) is 0 Å². The van der Waals surface area contributed by atoms with E-state index >= 15 is 0 Å². The summed E-state index contributed by atoms with van der Waals surface area (Å²) >= 11 is 0. The van der Waals surface area contributed by atoms with Gasteiger partial charge in [-0.1, -0.05) is 13.3 Å². The third kappa shape index (κ3) is 3.68. The largest absolute Gasteiger partial charge is 0.377 e. The Morgan fingerprint density at radius 2 is 2.06 bits per heavy atom. The Morgan fingerprint density at radius 1 is 1.22 bits per heavy atom. The molecule has 18 heavy (non-hydrogen) atoms. The summed E-state index contributed by atoms with van der Waals surface area (Å²) in [6.45, 7) is 3.72. The van der Waals surface area contributed by atoms with Crippen molar-refractivity contribution >= 4 is 9.84 Å². The average Bonchev–Trinajstić information content (AvgIpc) is 2.82. The number of sulfone groups is 1. The number of ether oxygens (including phenoxy) is 1. The predicted octanol–water partition coefficient (Wildman–Crippen LogP) is 1.50. The monoisotopic (exact) mass is 275 g/mol. The van der Waals surface area contributed by atoms with Crippen molar-refractivity contribution in [3.05, 3.63) is 0 Å². The molecule has 1 saturated heterocycles. The van der Waals surface area contributed by atoms with Gasteiger partial charge in [-0.2, -0.15) is 0 Å². The van der Waals surface area contributed by atoms with Gasteiger partial charge in [0, 0.05) is 12.6 Å². The standard InChI is InChI=1S/C13H25NO3S/c1-2-14-11-5-3-7-13(9-11)18(15,16)10-12-6-4-8-17-12/h11-14H,2-10H2,1H3. The van der Waals surface area contributed by atoms with Gasteiger partial charge in [-0.3, -0.25) is 0 Å². The third-order valence-corrected chi connectivity index (χ3v) is 6.35. The van der Waals surface area contributed by atoms with Crippen LogP contribution in [-0.4, -0.2) is 44.7 Å². The molecular weight excluding hydrogens is 250 g/mol. The molecule has 3 unspecified atom stereocenters. The van der Waals surface area contributed by atoms with Gasteiger partial charge in [-0.05, 0) is 38.6 Å². The summed E-state index contributed by atoms with van der Waals surface area (Å²) < 4.78 is 30.2. The van der Waals surface area contributed by atoms with Crippen molar-refractivity contribution in [2.75, 3.05) is 18.9 Å². The Labute approximate surface area is 110 Å². The molecule has 0 aromatic carbocycles. The van der Waals surface area contributed by atoms with Crippen LogP contribution in [0.3, 0.4) is 0 Å². The van der Waals surface area contributed by atoms with Crippen LogP contribution in [0.15, 0.2) is 0 Å². The van der Waals surface area contributed by atoms with Crippen molar-refractivity contribution < 1.29 is 13.2 Å². The van der Waals surface area contributed by atoms with E-state index < -0.39 is 9.84 Å². The summed E-state index contributed by atoms with van der Waals surface area (Å²) in [5.74, 6) is 0.233. The number of rotatable bonds is 5.